The van der Waals surface area contributed by atoms with Gasteiger partial charge in [-0.2, -0.15) is 0 Å². The Bertz CT molecular complexity index is 736. The Morgan fingerprint density at radius 3 is 2.62 bits per heavy atom. The number of rotatable bonds is 4. The number of pyridine rings is 1. The number of nitrogens with zero attached hydrogens (tertiary/aromatic N) is 3. The van der Waals surface area contributed by atoms with Gasteiger partial charge >= 0.3 is 0 Å². The Morgan fingerprint density at radius 1 is 1.04 bits per heavy atom. The first-order chi connectivity index (χ1) is 11.7. The van der Waals surface area contributed by atoms with Gasteiger partial charge in [-0.1, -0.05) is 12.1 Å². The van der Waals surface area contributed by atoms with E-state index in [0.717, 1.165) is 31.7 Å². The highest BCUT2D eigenvalue weighted by atomic mass is 19.1. The van der Waals surface area contributed by atoms with Crippen LogP contribution in [0.4, 0.5) is 4.39 Å². The van der Waals surface area contributed by atoms with E-state index in [1.807, 2.05) is 23.1 Å². The quantitative estimate of drug-likeness (QED) is 0.865. The molecule has 124 valence electrons. The van der Waals surface area contributed by atoms with Gasteiger partial charge in [0.05, 0.1) is 5.92 Å². The molecular formula is C19H20FN3O. The second kappa shape index (κ2) is 6.32. The van der Waals surface area contributed by atoms with E-state index in [9.17, 15) is 9.18 Å². The highest BCUT2D eigenvalue weighted by Crippen LogP contribution is 2.33. The van der Waals surface area contributed by atoms with Gasteiger partial charge in [0, 0.05) is 51.0 Å². The molecule has 0 unspecified atom stereocenters. The van der Waals surface area contributed by atoms with E-state index in [-0.39, 0.29) is 17.6 Å². The number of hydrogen-bond donors (Lipinski definition) is 0. The highest BCUT2D eigenvalue weighted by molar-refractivity contribution is 5.82. The third-order valence-corrected chi connectivity index (χ3v) is 5.02. The van der Waals surface area contributed by atoms with Crippen LogP contribution in [-0.2, 0) is 17.9 Å². The normalized spacial score (nSPS) is 23.7. The van der Waals surface area contributed by atoms with Crippen LogP contribution in [0.25, 0.3) is 0 Å². The summed E-state index contributed by atoms with van der Waals surface area (Å²) in [5, 5.41) is 0. The minimum atomic E-state index is -0.247. The monoisotopic (exact) mass is 325 g/mol. The van der Waals surface area contributed by atoms with E-state index in [0.29, 0.717) is 12.5 Å². The lowest BCUT2D eigenvalue weighted by atomic mass is 10.0. The second-order valence-electron chi connectivity index (χ2n) is 6.76. The molecule has 4 rings (SSSR count). The van der Waals surface area contributed by atoms with Crippen LogP contribution in [0.2, 0.25) is 0 Å². The van der Waals surface area contributed by atoms with Crippen LogP contribution in [0.3, 0.4) is 0 Å². The summed E-state index contributed by atoms with van der Waals surface area (Å²) in [5.41, 5.74) is 2.09. The topological polar surface area (TPSA) is 36.4 Å². The maximum Gasteiger partial charge on any atom is 0.227 e. The smallest absolute Gasteiger partial charge is 0.227 e. The summed E-state index contributed by atoms with van der Waals surface area (Å²) >= 11 is 0. The molecule has 2 aromatic rings. The molecule has 2 aliphatic rings. The predicted molar refractivity (Wildman–Crippen MR) is 88.3 cm³/mol. The van der Waals surface area contributed by atoms with Crippen molar-refractivity contribution in [3.8, 4) is 0 Å². The zero-order valence-corrected chi connectivity index (χ0v) is 13.4. The second-order valence-corrected chi connectivity index (χ2v) is 6.76. The van der Waals surface area contributed by atoms with Gasteiger partial charge in [-0.3, -0.25) is 14.7 Å². The number of fused-ring (bicyclic) bond motifs is 1. The number of likely N-dealkylation sites (tertiary alicyclic amines) is 2. The van der Waals surface area contributed by atoms with E-state index in [1.54, 1.807) is 18.5 Å². The third kappa shape index (κ3) is 3.04. The summed E-state index contributed by atoms with van der Waals surface area (Å²) in [4.78, 5) is 20.9. The maximum atomic E-state index is 13.3. The average molecular weight is 325 g/mol. The van der Waals surface area contributed by atoms with E-state index in [2.05, 4.69) is 9.88 Å². The lowest BCUT2D eigenvalue weighted by Gasteiger charge is -2.21. The zero-order valence-electron chi connectivity index (χ0n) is 13.4. The van der Waals surface area contributed by atoms with Crippen molar-refractivity contribution in [1.82, 2.24) is 14.8 Å². The molecule has 0 spiro atoms. The first kappa shape index (κ1) is 15.3. The predicted octanol–water partition coefficient (Wildman–Crippen LogP) is 2.31. The fourth-order valence-corrected chi connectivity index (χ4v) is 3.91. The van der Waals surface area contributed by atoms with E-state index in [1.165, 1.54) is 17.7 Å². The van der Waals surface area contributed by atoms with E-state index < -0.39 is 0 Å². The summed E-state index contributed by atoms with van der Waals surface area (Å²) < 4.78 is 13.3. The standard InChI is InChI=1S/C19H20FN3O/c20-17-3-1-2-15(8-17)10-23-12-16-11-22(13-18(16)19(23)24)9-14-4-6-21-7-5-14/h1-8,16,18H,9-13H2/t16-,18-/m1/s1. The molecule has 1 aromatic heterocycles. The number of hydrogen-bond acceptors (Lipinski definition) is 3. The molecule has 0 aliphatic carbocycles. The largest absolute Gasteiger partial charge is 0.338 e. The molecule has 1 amide bonds. The van der Waals surface area contributed by atoms with Crippen molar-refractivity contribution in [3.63, 3.8) is 0 Å². The van der Waals surface area contributed by atoms with Gasteiger partial charge < -0.3 is 4.90 Å². The van der Waals surface area contributed by atoms with Crippen LogP contribution in [0, 0.1) is 17.7 Å². The number of carbonyl (C=O) groups is 1. The van der Waals surface area contributed by atoms with Gasteiger partial charge in [-0.15, -0.1) is 0 Å². The fraction of sp³-hybridized carbons (Fsp3) is 0.368. The Kier molecular flexibility index (Phi) is 4.02. The van der Waals surface area contributed by atoms with Crippen molar-refractivity contribution < 1.29 is 9.18 Å². The average Bonchev–Trinajstić information content (AvgIpc) is 3.08. The van der Waals surface area contributed by atoms with Crippen molar-refractivity contribution in [2.45, 2.75) is 13.1 Å². The van der Waals surface area contributed by atoms with Gasteiger partial charge in [0.25, 0.3) is 0 Å². The Hall–Kier alpha value is -2.27. The molecular weight excluding hydrogens is 305 g/mol. The number of amides is 1. The molecule has 2 atom stereocenters. The summed E-state index contributed by atoms with van der Waals surface area (Å²) in [6, 6.07) is 10.6. The van der Waals surface area contributed by atoms with Crippen LogP contribution in [-0.4, -0.2) is 40.3 Å². The van der Waals surface area contributed by atoms with Gasteiger partial charge in [0.15, 0.2) is 0 Å². The number of aromatic nitrogens is 1. The molecule has 0 radical (unpaired) electrons. The van der Waals surface area contributed by atoms with Crippen LogP contribution < -0.4 is 0 Å². The molecule has 2 aliphatic heterocycles. The number of halogens is 1. The highest BCUT2D eigenvalue weighted by Gasteiger charge is 2.45. The summed E-state index contributed by atoms with van der Waals surface area (Å²) in [6.45, 7) is 3.90. The van der Waals surface area contributed by atoms with Crippen LogP contribution in [0.5, 0.6) is 0 Å². The molecule has 5 heteroatoms. The third-order valence-electron chi connectivity index (χ3n) is 5.02. The Balaban J connectivity index is 1.38. The summed E-state index contributed by atoms with van der Waals surface area (Å²) in [6.07, 6.45) is 3.61. The van der Waals surface area contributed by atoms with Gasteiger partial charge in [0.1, 0.15) is 5.82 Å². The number of benzene rings is 1. The Labute approximate surface area is 140 Å². The van der Waals surface area contributed by atoms with Gasteiger partial charge in [-0.05, 0) is 35.4 Å². The molecule has 0 bridgehead atoms. The molecule has 0 N–H and O–H groups in total. The van der Waals surface area contributed by atoms with E-state index in [4.69, 9.17) is 0 Å². The number of carbonyl (C=O) groups excluding carboxylic acids is 1. The summed E-state index contributed by atoms with van der Waals surface area (Å²) in [5.74, 6) is 0.428. The molecule has 3 heterocycles. The lowest BCUT2D eigenvalue weighted by Crippen LogP contribution is -2.32. The molecule has 4 nitrogen and oxygen atoms in total. The van der Waals surface area contributed by atoms with Crippen LogP contribution in [0.15, 0.2) is 48.8 Å². The van der Waals surface area contributed by atoms with Crippen molar-refractivity contribution in [2.75, 3.05) is 19.6 Å². The first-order valence-electron chi connectivity index (χ1n) is 8.33. The molecule has 0 saturated carbocycles. The zero-order chi connectivity index (χ0) is 16.5. The maximum absolute atomic E-state index is 13.3. The molecule has 24 heavy (non-hydrogen) atoms. The van der Waals surface area contributed by atoms with E-state index >= 15 is 0 Å². The van der Waals surface area contributed by atoms with Crippen LogP contribution in [0.1, 0.15) is 11.1 Å². The van der Waals surface area contributed by atoms with Crippen molar-refractivity contribution in [1.29, 1.82) is 0 Å². The van der Waals surface area contributed by atoms with Crippen molar-refractivity contribution >= 4 is 5.91 Å². The molecule has 2 fully saturated rings. The molecule has 1 aromatic carbocycles. The van der Waals surface area contributed by atoms with Gasteiger partial charge in [-0.25, -0.2) is 4.39 Å². The first-order valence-corrected chi connectivity index (χ1v) is 8.33. The van der Waals surface area contributed by atoms with Crippen molar-refractivity contribution in [3.05, 3.63) is 65.7 Å². The molecule has 2 saturated heterocycles. The minimum absolute atomic E-state index is 0.0837. The SMILES string of the molecule is O=C1[C@@H]2CN(Cc3ccncc3)C[C@@H]2CN1Cc1cccc(F)c1. The van der Waals surface area contributed by atoms with Gasteiger partial charge in [0.2, 0.25) is 5.91 Å². The van der Waals surface area contributed by atoms with Crippen LogP contribution >= 0.6 is 0 Å². The minimum Gasteiger partial charge on any atom is -0.338 e. The van der Waals surface area contributed by atoms with Crippen molar-refractivity contribution in [2.24, 2.45) is 11.8 Å². The Morgan fingerprint density at radius 2 is 1.88 bits per heavy atom. The lowest BCUT2D eigenvalue weighted by molar-refractivity contribution is -0.131. The summed E-state index contributed by atoms with van der Waals surface area (Å²) in [7, 11) is 0. The fourth-order valence-electron chi connectivity index (χ4n) is 3.91.